The quantitative estimate of drug-likeness (QED) is 0.827. The molecule has 0 radical (unpaired) electrons. The van der Waals surface area contributed by atoms with Crippen LogP contribution in [0.1, 0.15) is 30.9 Å². The second kappa shape index (κ2) is 5.50. The number of methoxy groups -OCH3 is 1. The molecular formula is C14H20N2O2. The molecule has 1 fully saturated rings. The van der Waals surface area contributed by atoms with E-state index in [1.807, 2.05) is 30.3 Å². The van der Waals surface area contributed by atoms with E-state index in [4.69, 9.17) is 10.5 Å². The molecule has 3 N–H and O–H groups in total. The van der Waals surface area contributed by atoms with Crippen LogP contribution in [0, 0.1) is 0 Å². The number of ether oxygens (including phenoxy) is 1. The number of carbonyl (C=O) groups is 1. The van der Waals surface area contributed by atoms with Crippen molar-refractivity contribution < 1.29 is 9.53 Å². The van der Waals surface area contributed by atoms with Gasteiger partial charge in [-0.15, -0.1) is 0 Å². The number of nitrogens with one attached hydrogen (secondary N) is 1. The monoisotopic (exact) mass is 248 g/mol. The fourth-order valence-electron chi connectivity index (χ4n) is 2.33. The Kier molecular flexibility index (Phi) is 3.99. The SMILES string of the molecule is COC(C(=O)NC1(CN)CCC1)c1ccccc1. The summed E-state index contributed by atoms with van der Waals surface area (Å²) in [6.45, 7) is 0.490. The molecule has 1 amide bonds. The standard InChI is InChI=1S/C14H20N2O2/c1-18-12(11-6-3-2-4-7-11)13(17)16-14(10-15)8-5-9-14/h2-4,6-7,12H,5,8-10,15H2,1H3,(H,16,17). The minimum absolute atomic E-state index is 0.103. The van der Waals surface area contributed by atoms with E-state index in [9.17, 15) is 4.79 Å². The highest BCUT2D eigenvalue weighted by molar-refractivity contribution is 5.83. The Hall–Kier alpha value is -1.39. The normalized spacial score (nSPS) is 18.8. The summed E-state index contributed by atoms with van der Waals surface area (Å²) in [5.74, 6) is -0.103. The van der Waals surface area contributed by atoms with Crippen molar-refractivity contribution in [3.05, 3.63) is 35.9 Å². The van der Waals surface area contributed by atoms with Gasteiger partial charge in [-0.25, -0.2) is 0 Å². The zero-order chi connectivity index (χ0) is 13.0. The largest absolute Gasteiger partial charge is 0.367 e. The van der Waals surface area contributed by atoms with Gasteiger partial charge in [-0.1, -0.05) is 30.3 Å². The van der Waals surface area contributed by atoms with Gasteiger partial charge in [0.05, 0.1) is 5.54 Å². The number of nitrogens with two attached hydrogens (primary N) is 1. The van der Waals surface area contributed by atoms with Crippen LogP contribution in [0.4, 0.5) is 0 Å². The van der Waals surface area contributed by atoms with Gasteiger partial charge in [0, 0.05) is 13.7 Å². The number of carbonyl (C=O) groups excluding carboxylic acids is 1. The molecule has 1 aliphatic carbocycles. The molecule has 0 saturated heterocycles. The predicted octanol–water partition coefficient (Wildman–Crippen LogP) is 1.37. The highest BCUT2D eigenvalue weighted by atomic mass is 16.5. The van der Waals surface area contributed by atoms with Crippen LogP contribution < -0.4 is 11.1 Å². The minimum atomic E-state index is -0.560. The summed E-state index contributed by atoms with van der Waals surface area (Å²) in [4.78, 5) is 12.3. The first-order valence-corrected chi connectivity index (χ1v) is 6.31. The summed E-state index contributed by atoms with van der Waals surface area (Å²) in [6.07, 6.45) is 2.48. The fourth-order valence-corrected chi connectivity index (χ4v) is 2.33. The Labute approximate surface area is 108 Å². The van der Waals surface area contributed by atoms with Crippen LogP contribution >= 0.6 is 0 Å². The van der Waals surface area contributed by atoms with Gasteiger partial charge < -0.3 is 15.8 Å². The topological polar surface area (TPSA) is 64.3 Å². The van der Waals surface area contributed by atoms with Gasteiger partial charge in [0.25, 0.3) is 5.91 Å². The van der Waals surface area contributed by atoms with E-state index in [2.05, 4.69) is 5.32 Å². The maximum Gasteiger partial charge on any atom is 0.254 e. The molecule has 1 saturated carbocycles. The molecule has 0 bridgehead atoms. The summed E-state index contributed by atoms with van der Waals surface area (Å²) in [5, 5.41) is 3.04. The van der Waals surface area contributed by atoms with Crippen LogP contribution in [0.3, 0.4) is 0 Å². The lowest BCUT2D eigenvalue weighted by atomic mass is 9.76. The van der Waals surface area contributed by atoms with Crippen LogP contribution in [0.2, 0.25) is 0 Å². The van der Waals surface area contributed by atoms with E-state index in [0.29, 0.717) is 6.54 Å². The average Bonchev–Trinajstić information content (AvgIpc) is 2.36. The maximum absolute atomic E-state index is 12.3. The Balaban J connectivity index is 2.07. The third-order valence-electron chi connectivity index (χ3n) is 3.67. The average molecular weight is 248 g/mol. The molecular weight excluding hydrogens is 228 g/mol. The number of hydrogen-bond acceptors (Lipinski definition) is 3. The molecule has 0 aliphatic heterocycles. The molecule has 0 heterocycles. The minimum Gasteiger partial charge on any atom is -0.367 e. The number of rotatable bonds is 5. The van der Waals surface area contributed by atoms with E-state index in [1.54, 1.807) is 7.11 Å². The third kappa shape index (κ3) is 2.54. The molecule has 1 aromatic carbocycles. The summed E-state index contributed by atoms with van der Waals surface area (Å²) >= 11 is 0. The van der Waals surface area contributed by atoms with E-state index < -0.39 is 6.10 Å². The Morgan fingerprint density at radius 2 is 2.11 bits per heavy atom. The molecule has 1 unspecified atom stereocenters. The van der Waals surface area contributed by atoms with Crippen molar-refractivity contribution in [2.75, 3.05) is 13.7 Å². The van der Waals surface area contributed by atoms with Crippen LogP contribution in [0.5, 0.6) is 0 Å². The van der Waals surface area contributed by atoms with Gasteiger partial charge in [0.1, 0.15) is 0 Å². The van der Waals surface area contributed by atoms with Crippen LogP contribution in [-0.4, -0.2) is 25.1 Å². The van der Waals surface area contributed by atoms with E-state index in [-0.39, 0.29) is 11.4 Å². The van der Waals surface area contributed by atoms with Gasteiger partial charge in [-0.2, -0.15) is 0 Å². The smallest absolute Gasteiger partial charge is 0.254 e. The van der Waals surface area contributed by atoms with Crippen molar-refractivity contribution in [3.8, 4) is 0 Å². The molecule has 0 spiro atoms. The zero-order valence-electron chi connectivity index (χ0n) is 10.7. The molecule has 2 rings (SSSR count). The Bertz CT molecular complexity index is 396. The number of benzene rings is 1. The zero-order valence-corrected chi connectivity index (χ0v) is 10.7. The Morgan fingerprint density at radius 1 is 1.44 bits per heavy atom. The third-order valence-corrected chi connectivity index (χ3v) is 3.67. The van der Waals surface area contributed by atoms with Crippen molar-refractivity contribution in [1.29, 1.82) is 0 Å². The Morgan fingerprint density at radius 3 is 2.56 bits per heavy atom. The van der Waals surface area contributed by atoms with Crippen molar-refractivity contribution in [2.24, 2.45) is 5.73 Å². The summed E-state index contributed by atoms with van der Waals surface area (Å²) in [6, 6.07) is 9.50. The van der Waals surface area contributed by atoms with Gasteiger partial charge >= 0.3 is 0 Å². The van der Waals surface area contributed by atoms with Gasteiger partial charge in [-0.3, -0.25) is 4.79 Å². The lowest BCUT2D eigenvalue weighted by Crippen LogP contribution is -2.59. The van der Waals surface area contributed by atoms with E-state index in [1.165, 1.54) is 0 Å². The molecule has 1 aromatic rings. The fraction of sp³-hybridized carbons (Fsp3) is 0.500. The highest BCUT2D eigenvalue weighted by Crippen LogP contribution is 2.31. The van der Waals surface area contributed by atoms with Crippen LogP contribution in [-0.2, 0) is 9.53 Å². The molecule has 4 nitrogen and oxygen atoms in total. The van der Waals surface area contributed by atoms with Crippen molar-refractivity contribution in [2.45, 2.75) is 30.9 Å². The molecule has 4 heteroatoms. The molecule has 0 aromatic heterocycles. The number of amides is 1. The lowest BCUT2D eigenvalue weighted by molar-refractivity contribution is -0.134. The lowest BCUT2D eigenvalue weighted by Gasteiger charge is -2.42. The summed E-state index contributed by atoms with van der Waals surface area (Å²) in [5.41, 5.74) is 6.40. The van der Waals surface area contributed by atoms with Crippen LogP contribution in [0.15, 0.2) is 30.3 Å². The van der Waals surface area contributed by atoms with Crippen molar-refractivity contribution in [1.82, 2.24) is 5.32 Å². The van der Waals surface area contributed by atoms with Crippen LogP contribution in [0.25, 0.3) is 0 Å². The maximum atomic E-state index is 12.3. The van der Waals surface area contributed by atoms with Crippen molar-refractivity contribution in [3.63, 3.8) is 0 Å². The molecule has 98 valence electrons. The first kappa shape index (κ1) is 13.1. The van der Waals surface area contributed by atoms with Gasteiger partial charge in [-0.05, 0) is 24.8 Å². The summed E-state index contributed by atoms with van der Waals surface area (Å²) < 4.78 is 5.30. The molecule has 1 atom stereocenters. The van der Waals surface area contributed by atoms with E-state index >= 15 is 0 Å². The number of hydrogen-bond donors (Lipinski definition) is 2. The highest BCUT2D eigenvalue weighted by Gasteiger charge is 2.38. The summed E-state index contributed by atoms with van der Waals surface area (Å²) in [7, 11) is 1.55. The first-order chi connectivity index (χ1) is 8.71. The van der Waals surface area contributed by atoms with Gasteiger partial charge in [0.15, 0.2) is 6.10 Å². The van der Waals surface area contributed by atoms with Crippen molar-refractivity contribution >= 4 is 5.91 Å². The second-order valence-corrected chi connectivity index (χ2v) is 4.85. The van der Waals surface area contributed by atoms with E-state index in [0.717, 1.165) is 24.8 Å². The van der Waals surface area contributed by atoms with Gasteiger partial charge in [0.2, 0.25) is 0 Å². The molecule has 1 aliphatic rings. The first-order valence-electron chi connectivity index (χ1n) is 6.31. The predicted molar refractivity (Wildman–Crippen MR) is 70.0 cm³/mol. The molecule has 18 heavy (non-hydrogen) atoms. The second-order valence-electron chi connectivity index (χ2n) is 4.85.